The van der Waals surface area contributed by atoms with E-state index in [1.807, 2.05) is 30.3 Å². The van der Waals surface area contributed by atoms with Crippen LogP contribution in [0.2, 0.25) is 0 Å². The topological polar surface area (TPSA) is 88.2 Å². The number of halogens is 1. The van der Waals surface area contributed by atoms with Crippen LogP contribution in [0.25, 0.3) is 11.4 Å². The number of nitrogens with one attached hydrogen (secondary N) is 1. The number of benzene rings is 3. The Morgan fingerprint density at radius 1 is 1.03 bits per heavy atom. The van der Waals surface area contributed by atoms with E-state index in [0.717, 1.165) is 22.3 Å². The minimum absolute atomic E-state index is 0.0817. The van der Waals surface area contributed by atoms with Crippen molar-refractivity contribution in [3.05, 3.63) is 106 Å². The number of carboxylic acids is 1. The first kappa shape index (κ1) is 24.3. The van der Waals surface area contributed by atoms with Crippen LogP contribution < -0.4 is 5.32 Å². The average Bonchev–Trinajstić information content (AvgIpc) is 3.30. The Kier molecular flexibility index (Phi) is 7.67. The number of aromatic nitrogens is 2. The van der Waals surface area contributed by atoms with Gasteiger partial charge in [0, 0.05) is 18.7 Å². The Balaban J connectivity index is 1.55. The maximum Gasteiger partial charge on any atom is 0.304 e. The van der Waals surface area contributed by atoms with E-state index in [0.29, 0.717) is 31.2 Å². The second-order valence-corrected chi connectivity index (χ2v) is 8.78. The molecule has 0 amide bonds. The molecule has 1 heterocycles. The number of rotatable bonds is 10. The van der Waals surface area contributed by atoms with Gasteiger partial charge in [0.25, 0.3) is 0 Å². The standard InChI is InChI=1S/C28H28FN3O3/c1-18-12-19(2)14-21(13-18)15-25(23-4-3-5-24(29)16-23)28-31-27(32-35-28)22-8-6-20(7-9-22)17-30-11-10-26(33)34/h3-9,12-14,16,25,30H,10-11,15,17H2,1-2H3,(H,33,34). The summed E-state index contributed by atoms with van der Waals surface area (Å²) >= 11 is 0. The highest BCUT2D eigenvalue weighted by atomic mass is 19.1. The summed E-state index contributed by atoms with van der Waals surface area (Å²) in [6.45, 7) is 5.10. The molecule has 0 radical (unpaired) electrons. The summed E-state index contributed by atoms with van der Waals surface area (Å²) in [4.78, 5) is 15.3. The Labute approximate surface area is 203 Å². The van der Waals surface area contributed by atoms with Gasteiger partial charge in [-0.3, -0.25) is 4.79 Å². The van der Waals surface area contributed by atoms with Gasteiger partial charge in [0.15, 0.2) is 0 Å². The van der Waals surface area contributed by atoms with E-state index in [2.05, 4.69) is 47.5 Å². The lowest BCUT2D eigenvalue weighted by Gasteiger charge is -2.15. The van der Waals surface area contributed by atoms with Gasteiger partial charge >= 0.3 is 5.97 Å². The normalized spacial score (nSPS) is 12.0. The molecule has 1 aromatic heterocycles. The van der Waals surface area contributed by atoms with Crippen LogP contribution in [-0.2, 0) is 17.8 Å². The maximum absolute atomic E-state index is 14.1. The smallest absolute Gasteiger partial charge is 0.304 e. The molecule has 4 rings (SSSR count). The number of hydrogen-bond acceptors (Lipinski definition) is 5. The number of nitrogens with zero attached hydrogens (tertiary/aromatic N) is 2. The number of carbonyl (C=O) groups is 1. The largest absolute Gasteiger partial charge is 0.481 e. The predicted octanol–water partition coefficient (Wildman–Crippen LogP) is 5.43. The molecule has 7 heteroatoms. The number of hydrogen-bond donors (Lipinski definition) is 2. The zero-order chi connectivity index (χ0) is 24.8. The fraction of sp³-hybridized carbons (Fsp3) is 0.250. The van der Waals surface area contributed by atoms with Crippen LogP contribution in [0, 0.1) is 19.7 Å². The Morgan fingerprint density at radius 3 is 2.46 bits per heavy atom. The summed E-state index contributed by atoms with van der Waals surface area (Å²) in [5.74, 6) is -0.516. The third-order valence-electron chi connectivity index (χ3n) is 5.77. The Morgan fingerprint density at radius 2 is 1.77 bits per heavy atom. The maximum atomic E-state index is 14.1. The van der Waals surface area contributed by atoms with Gasteiger partial charge in [-0.1, -0.05) is 70.9 Å². The van der Waals surface area contributed by atoms with E-state index in [1.54, 1.807) is 6.07 Å². The van der Waals surface area contributed by atoms with Crippen molar-refractivity contribution in [2.75, 3.05) is 6.54 Å². The zero-order valence-corrected chi connectivity index (χ0v) is 19.8. The van der Waals surface area contributed by atoms with Crippen LogP contribution in [0.1, 0.15) is 46.0 Å². The van der Waals surface area contributed by atoms with Gasteiger partial charge in [-0.15, -0.1) is 0 Å². The lowest BCUT2D eigenvalue weighted by Crippen LogP contribution is -2.17. The van der Waals surface area contributed by atoms with E-state index in [9.17, 15) is 9.18 Å². The number of aliphatic carboxylic acids is 1. The molecule has 0 aliphatic carbocycles. The molecule has 0 fully saturated rings. The van der Waals surface area contributed by atoms with Gasteiger partial charge in [-0.25, -0.2) is 4.39 Å². The third-order valence-corrected chi connectivity index (χ3v) is 5.77. The van der Waals surface area contributed by atoms with Crippen molar-refractivity contribution in [1.29, 1.82) is 0 Å². The summed E-state index contributed by atoms with van der Waals surface area (Å²) < 4.78 is 19.8. The van der Waals surface area contributed by atoms with Crippen LogP contribution >= 0.6 is 0 Å². The molecule has 6 nitrogen and oxygen atoms in total. The summed E-state index contributed by atoms with van der Waals surface area (Å²) in [6, 6.07) is 20.6. The lowest BCUT2D eigenvalue weighted by molar-refractivity contribution is -0.136. The van der Waals surface area contributed by atoms with Crippen molar-refractivity contribution in [2.24, 2.45) is 0 Å². The van der Waals surface area contributed by atoms with Crippen LogP contribution in [0.3, 0.4) is 0 Å². The summed E-state index contributed by atoms with van der Waals surface area (Å²) in [5.41, 5.74) is 6.07. The molecule has 0 saturated carbocycles. The molecule has 0 bridgehead atoms. The molecule has 0 aliphatic rings. The molecular formula is C28H28FN3O3. The van der Waals surface area contributed by atoms with Gasteiger partial charge in [0.2, 0.25) is 11.7 Å². The van der Waals surface area contributed by atoms with Gasteiger partial charge < -0.3 is 14.9 Å². The van der Waals surface area contributed by atoms with Crippen LogP contribution in [-0.4, -0.2) is 27.8 Å². The Hall–Kier alpha value is -3.84. The SMILES string of the molecule is Cc1cc(C)cc(CC(c2cccc(F)c2)c2nc(-c3ccc(CNCCC(=O)O)cc3)no2)c1. The lowest BCUT2D eigenvalue weighted by atomic mass is 9.90. The summed E-state index contributed by atoms with van der Waals surface area (Å²) in [6.07, 6.45) is 0.687. The summed E-state index contributed by atoms with van der Waals surface area (Å²) in [5, 5.41) is 16.0. The second kappa shape index (κ2) is 11.1. The van der Waals surface area contributed by atoms with Crippen LogP contribution in [0.4, 0.5) is 4.39 Å². The third kappa shape index (κ3) is 6.61. The first-order valence-electron chi connectivity index (χ1n) is 11.6. The van der Waals surface area contributed by atoms with E-state index in [4.69, 9.17) is 9.63 Å². The van der Waals surface area contributed by atoms with Gasteiger partial charge in [-0.05, 0) is 49.1 Å². The van der Waals surface area contributed by atoms with Crippen molar-refractivity contribution in [1.82, 2.24) is 15.5 Å². The van der Waals surface area contributed by atoms with Crippen molar-refractivity contribution < 1.29 is 18.8 Å². The minimum Gasteiger partial charge on any atom is -0.481 e. The average molecular weight is 474 g/mol. The van der Waals surface area contributed by atoms with Crippen LogP contribution in [0.5, 0.6) is 0 Å². The number of aryl methyl sites for hydroxylation is 2. The van der Waals surface area contributed by atoms with Gasteiger partial charge in [-0.2, -0.15) is 4.98 Å². The highest BCUT2D eigenvalue weighted by molar-refractivity contribution is 5.66. The highest BCUT2D eigenvalue weighted by Crippen LogP contribution is 2.30. The Bertz CT molecular complexity index is 1280. The van der Waals surface area contributed by atoms with Crippen molar-refractivity contribution in [3.63, 3.8) is 0 Å². The molecule has 0 saturated heterocycles. The number of carboxylic acid groups (broad SMARTS) is 1. The minimum atomic E-state index is -0.824. The van der Waals surface area contributed by atoms with Crippen molar-refractivity contribution in [2.45, 2.75) is 39.2 Å². The fourth-order valence-corrected chi connectivity index (χ4v) is 4.19. The molecular weight excluding hydrogens is 445 g/mol. The molecule has 0 aliphatic heterocycles. The second-order valence-electron chi connectivity index (χ2n) is 8.78. The van der Waals surface area contributed by atoms with E-state index in [-0.39, 0.29) is 18.2 Å². The fourth-order valence-electron chi connectivity index (χ4n) is 4.19. The zero-order valence-electron chi connectivity index (χ0n) is 19.8. The molecule has 0 spiro atoms. The highest BCUT2D eigenvalue weighted by Gasteiger charge is 2.23. The molecule has 1 unspecified atom stereocenters. The van der Waals surface area contributed by atoms with E-state index >= 15 is 0 Å². The van der Waals surface area contributed by atoms with Gasteiger partial charge in [0.1, 0.15) is 5.82 Å². The first-order chi connectivity index (χ1) is 16.9. The first-order valence-corrected chi connectivity index (χ1v) is 11.6. The van der Waals surface area contributed by atoms with Crippen molar-refractivity contribution >= 4 is 5.97 Å². The molecule has 3 aromatic carbocycles. The predicted molar refractivity (Wildman–Crippen MR) is 132 cm³/mol. The van der Waals surface area contributed by atoms with Crippen LogP contribution in [0.15, 0.2) is 71.3 Å². The molecule has 4 aromatic rings. The molecule has 35 heavy (non-hydrogen) atoms. The van der Waals surface area contributed by atoms with E-state index in [1.165, 1.54) is 23.3 Å². The van der Waals surface area contributed by atoms with Gasteiger partial charge in [0.05, 0.1) is 12.3 Å². The monoisotopic (exact) mass is 473 g/mol. The van der Waals surface area contributed by atoms with Crippen molar-refractivity contribution in [3.8, 4) is 11.4 Å². The van der Waals surface area contributed by atoms with E-state index < -0.39 is 5.97 Å². The molecule has 2 N–H and O–H groups in total. The summed E-state index contributed by atoms with van der Waals surface area (Å²) in [7, 11) is 0. The molecule has 180 valence electrons. The molecule has 1 atom stereocenters. The quantitative estimate of drug-likeness (QED) is 0.299.